The zero-order chi connectivity index (χ0) is 10.1. The Hall–Kier alpha value is -1.33. The van der Waals surface area contributed by atoms with Gasteiger partial charge in [0.05, 0.1) is 5.69 Å². The van der Waals surface area contributed by atoms with Crippen LogP contribution in [-0.4, -0.2) is 20.2 Å². The molecule has 72 valence electrons. The van der Waals surface area contributed by atoms with Crippen LogP contribution in [0.5, 0.6) is 0 Å². The molecule has 14 heavy (non-hydrogen) atoms. The Labute approximate surface area is 89.4 Å². The number of hydrogen-bond acceptors (Lipinski definition) is 4. The van der Waals surface area contributed by atoms with Crippen LogP contribution >= 0.6 is 23.2 Å². The Morgan fingerprint density at radius 2 is 1.79 bits per heavy atom. The number of tetrazole rings is 1. The van der Waals surface area contributed by atoms with E-state index in [9.17, 15) is 0 Å². The minimum absolute atomic E-state index is 0.184. The molecule has 0 radical (unpaired) electrons. The van der Waals surface area contributed by atoms with Gasteiger partial charge in [-0.3, -0.25) is 0 Å². The largest absolute Gasteiger partial charge is 0.366 e. The van der Waals surface area contributed by atoms with Crippen molar-refractivity contribution in [1.82, 2.24) is 20.2 Å². The van der Waals surface area contributed by atoms with E-state index in [1.807, 2.05) is 0 Å². The normalized spacial score (nSPS) is 10.4. The number of rotatable bonds is 1. The van der Waals surface area contributed by atoms with Crippen molar-refractivity contribution in [1.29, 1.82) is 0 Å². The third-order valence-electron chi connectivity index (χ3n) is 1.59. The third-order valence-corrected chi connectivity index (χ3v) is 2.02. The summed E-state index contributed by atoms with van der Waals surface area (Å²) in [4.78, 5) is 0. The lowest BCUT2D eigenvalue weighted by molar-refractivity contribution is 0.792. The summed E-state index contributed by atoms with van der Waals surface area (Å²) in [5.41, 5.74) is 6.14. The molecule has 0 aliphatic carbocycles. The standard InChI is InChI=1S/C7H5Cl2N5/c8-4-1-5(9)3-6(2-4)14-7(10)11-12-13-14/h1-3H,(H2,10,11,13). The predicted molar refractivity (Wildman–Crippen MR) is 53.6 cm³/mol. The lowest BCUT2D eigenvalue weighted by Gasteiger charge is -2.02. The molecule has 2 rings (SSSR count). The SMILES string of the molecule is Nc1nnnn1-c1cc(Cl)cc(Cl)c1. The lowest BCUT2D eigenvalue weighted by Crippen LogP contribution is -2.02. The van der Waals surface area contributed by atoms with Gasteiger partial charge in [-0.25, -0.2) is 0 Å². The molecule has 7 heteroatoms. The van der Waals surface area contributed by atoms with Gasteiger partial charge in [-0.2, -0.15) is 4.68 Å². The van der Waals surface area contributed by atoms with Gasteiger partial charge in [0.2, 0.25) is 5.95 Å². The molecular weight excluding hydrogens is 225 g/mol. The number of hydrogen-bond donors (Lipinski definition) is 1. The molecule has 1 aromatic carbocycles. The smallest absolute Gasteiger partial charge is 0.245 e. The summed E-state index contributed by atoms with van der Waals surface area (Å²) >= 11 is 11.6. The Morgan fingerprint density at radius 3 is 2.29 bits per heavy atom. The molecule has 0 amide bonds. The van der Waals surface area contributed by atoms with Gasteiger partial charge in [-0.1, -0.05) is 28.3 Å². The molecule has 0 atom stereocenters. The number of nitrogens with two attached hydrogens (primary N) is 1. The van der Waals surface area contributed by atoms with Crippen LogP contribution in [0.15, 0.2) is 18.2 Å². The zero-order valence-electron chi connectivity index (χ0n) is 6.85. The molecule has 0 saturated carbocycles. The molecule has 0 saturated heterocycles. The van der Waals surface area contributed by atoms with Crippen molar-refractivity contribution in [2.75, 3.05) is 5.73 Å². The van der Waals surface area contributed by atoms with Crippen LogP contribution in [-0.2, 0) is 0 Å². The average Bonchev–Trinajstić information content (AvgIpc) is 2.49. The molecular formula is C7H5Cl2N5. The maximum absolute atomic E-state index is 5.81. The first-order valence-electron chi connectivity index (χ1n) is 3.67. The predicted octanol–water partition coefficient (Wildman–Crippen LogP) is 1.55. The summed E-state index contributed by atoms with van der Waals surface area (Å²) in [6, 6.07) is 4.95. The second-order valence-corrected chi connectivity index (χ2v) is 3.45. The van der Waals surface area contributed by atoms with Crippen LogP contribution in [0, 0.1) is 0 Å². The molecule has 2 aromatic rings. The van der Waals surface area contributed by atoms with E-state index >= 15 is 0 Å². The summed E-state index contributed by atoms with van der Waals surface area (Å²) in [7, 11) is 0. The zero-order valence-corrected chi connectivity index (χ0v) is 8.37. The van der Waals surface area contributed by atoms with E-state index in [0.717, 1.165) is 0 Å². The molecule has 0 aliphatic heterocycles. The number of benzene rings is 1. The van der Waals surface area contributed by atoms with Gasteiger partial charge < -0.3 is 5.73 Å². The highest BCUT2D eigenvalue weighted by atomic mass is 35.5. The third kappa shape index (κ3) is 1.64. The van der Waals surface area contributed by atoms with Crippen molar-refractivity contribution in [3.8, 4) is 5.69 Å². The van der Waals surface area contributed by atoms with Crippen LogP contribution in [0.25, 0.3) is 5.69 Å². The Kier molecular flexibility index (Phi) is 2.26. The fourth-order valence-corrected chi connectivity index (χ4v) is 1.55. The van der Waals surface area contributed by atoms with Gasteiger partial charge >= 0.3 is 0 Å². The van der Waals surface area contributed by atoms with E-state index < -0.39 is 0 Å². The summed E-state index contributed by atoms with van der Waals surface area (Å²) in [5, 5.41) is 11.6. The van der Waals surface area contributed by atoms with Crippen LogP contribution in [0.2, 0.25) is 10.0 Å². The Morgan fingerprint density at radius 1 is 1.14 bits per heavy atom. The van der Waals surface area contributed by atoms with Crippen LogP contribution in [0.4, 0.5) is 5.95 Å². The molecule has 0 bridgehead atoms. The van der Waals surface area contributed by atoms with Crippen molar-refractivity contribution < 1.29 is 0 Å². The van der Waals surface area contributed by atoms with Crippen molar-refractivity contribution in [2.45, 2.75) is 0 Å². The summed E-state index contributed by atoms with van der Waals surface area (Å²) < 4.78 is 1.34. The lowest BCUT2D eigenvalue weighted by atomic mass is 10.3. The second kappa shape index (κ2) is 3.43. The van der Waals surface area contributed by atoms with Crippen LogP contribution in [0.1, 0.15) is 0 Å². The number of aromatic nitrogens is 4. The number of halogens is 2. The summed E-state index contributed by atoms with van der Waals surface area (Å²) in [6.45, 7) is 0. The van der Waals surface area contributed by atoms with Gasteiger partial charge in [0.1, 0.15) is 0 Å². The molecule has 0 fully saturated rings. The van der Waals surface area contributed by atoms with Crippen LogP contribution in [0.3, 0.4) is 0 Å². The fourth-order valence-electron chi connectivity index (χ4n) is 1.04. The quantitative estimate of drug-likeness (QED) is 0.806. The molecule has 2 N–H and O–H groups in total. The summed E-state index contributed by atoms with van der Waals surface area (Å²) in [6.07, 6.45) is 0. The highest BCUT2D eigenvalue weighted by molar-refractivity contribution is 6.34. The van der Waals surface area contributed by atoms with E-state index in [2.05, 4.69) is 15.5 Å². The minimum Gasteiger partial charge on any atom is -0.366 e. The van der Waals surface area contributed by atoms with E-state index in [1.54, 1.807) is 18.2 Å². The first-order valence-corrected chi connectivity index (χ1v) is 4.43. The maximum Gasteiger partial charge on any atom is 0.245 e. The van der Waals surface area contributed by atoms with E-state index in [1.165, 1.54) is 4.68 Å². The fraction of sp³-hybridized carbons (Fsp3) is 0. The number of nitrogen functional groups attached to an aromatic ring is 1. The molecule has 0 aliphatic rings. The van der Waals surface area contributed by atoms with Gasteiger partial charge in [0.25, 0.3) is 0 Å². The second-order valence-electron chi connectivity index (χ2n) is 2.58. The van der Waals surface area contributed by atoms with Crippen molar-refractivity contribution >= 4 is 29.2 Å². The van der Waals surface area contributed by atoms with Gasteiger partial charge in [0.15, 0.2) is 0 Å². The van der Waals surface area contributed by atoms with E-state index in [4.69, 9.17) is 28.9 Å². The average molecular weight is 230 g/mol. The molecule has 1 aromatic heterocycles. The van der Waals surface area contributed by atoms with Crippen molar-refractivity contribution in [2.24, 2.45) is 0 Å². The first kappa shape index (κ1) is 9.23. The summed E-state index contributed by atoms with van der Waals surface area (Å²) in [5.74, 6) is 0.184. The molecule has 0 spiro atoms. The van der Waals surface area contributed by atoms with Crippen molar-refractivity contribution in [3.63, 3.8) is 0 Å². The molecule has 5 nitrogen and oxygen atoms in total. The number of nitrogens with zero attached hydrogens (tertiary/aromatic N) is 4. The van der Waals surface area contributed by atoms with E-state index in [-0.39, 0.29) is 5.95 Å². The van der Waals surface area contributed by atoms with Gasteiger partial charge in [0, 0.05) is 10.0 Å². The first-order chi connectivity index (χ1) is 6.66. The van der Waals surface area contributed by atoms with Gasteiger partial charge in [-0.15, -0.1) is 0 Å². The topological polar surface area (TPSA) is 69.6 Å². The Balaban J connectivity index is 2.57. The molecule has 1 heterocycles. The number of anilines is 1. The Bertz CT molecular complexity index is 447. The van der Waals surface area contributed by atoms with Gasteiger partial charge in [-0.05, 0) is 28.6 Å². The van der Waals surface area contributed by atoms with Crippen molar-refractivity contribution in [3.05, 3.63) is 28.2 Å². The maximum atomic E-state index is 5.81. The monoisotopic (exact) mass is 229 g/mol. The highest BCUT2D eigenvalue weighted by Gasteiger charge is 2.05. The van der Waals surface area contributed by atoms with Crippen LogP contribution < -0.4 is 5.73 Å². The van der Waals surface area contributed by atoms with E-state index in [0.29, 0.717) is 15.7 Å². The minimum atomic E-state index is 0.184. The highest BCUT2D eigenvalue weighted by Crippen LogP contribution is 2.21. The molecule has 0 unspecified atom stereocenters.